The summed E-state index contributed by atoms with van der Waals surface area (Å²) in [5.74, 6) is 1.00. The van der Waals surface area contributed by atoms with Crippen molar-refractivity contribution in [3.8, 4) is 0 Å². The van der Waals surface area contributed by atoms with E-state index in [1.165, 1.54) is 11.8 Å². The van der Waals surface area contributed by atoms with E-state index in [4.69, 9.17) is 0 Å². The van der Waals surface area contributed by atoms with E-state index in [1.54, 1.807) is 0 Å². The van der Waals surface area contributed by atoms with Crippen molar-refractivity contribution < 1.29 is 32.7 Å². The molecule has 0 spiro atoms. The summed E-state index contributed by atoms with van der Waals surface area (Å²) < 4.78 is 0.623. The molecule has 0 aromatic carbocycles. The summed E-state index contributed by atoms with van der Waals surface area (Å²) >= 11 is 10.7. The fourth-order valence-electron chi connectivity index (χ4n) is 0.118. The van der Waals surface area contributed by atoms with Gasteiger partial charge in [0.25, 0.3) is 0 Å². The van der Waals surface area contributed by atoms with Crippen molar-refractivity contribution in [2.24, 2.45) is 0 Å². The first kappa shape index (κ1) is 11.5. The van der Waals surface area contributed by atoms with Crippen LogP contribution in [0.5, 0.6) is 0 Å². The zero-order chi connectivity index (χ0) is 4.99. The number of hydrogen-bond acceptors (Lipinski definition) is 3. The Hall–Kier alpha value is 1.76. The standard InChI is InChI=1S/C3H6S3.Y/c1-2-6-3(4)5;/h2H2,1H3,(H,4,5);/q;+3/p-1. The molecule has 0 aliphatic carbocycles. The SMILES string of the molecule is CCSC(=S)[S-].[Y+3]. The van der Waals surface area contributed by atoms with Gasteiger partial charge in [-0.3, -0.25) is 0 Å². The molecule has 0 aliphatic rings. The van der Waals surface area contributed by atoms with Gasteiger partial charge in [-0.05, 0) is 5.75 Å². The van der Waals surface area contributed by atoms with Crippen molar-refractivity contribution in [2.75, 3.05) is 5.75 Å². The molecule has 0 aromatic rings. The minimum absolute atomic E-state index is 0. The van der Waals surface area contributed by atoms with E-state index in [-0.39, 0.29) is 32.7 Å². The van der Waals surface area contributed by atoms with Gasteiger partial charge >= 0.3 is 32.7 Å². The molecule has 0 atom stereocenters. The largest absolute Gasteiger partial charge is 3.00 e. The van der Waals surface area contributed by atoms with Gasteiger partial charge in [-0.25, -0.2) is 0 Å². The maximum Gasteiger partial charge on any atom is 3.00 e. The predicted molar refractivity (Wildman–Crippen MR) is 38.1 cm³/mol. The van der Waals surface area contributed by atoms with E-state index in [0.29, 0.717) is 3.53 Å². The molecule has 7 heavy (non-hydrogen) atoms. The summed E-state index contributed by atoms with van der Waals surface area (Å²) in [7, 11) is 0. The van der Waals surface area contributed by atoms with Crippen molar-refractivity contribution in [3.05, 3.63) is 0 Å². The van der Waals surface area contributed by atoms with Gasteiger partial charge in [0.2, 0.25) is 0 Å². The number of thiocarbonyl (C=S) groups is 1. The second kappa shape index (κ2) is 7.76. The van der Waals surface area contributed by atoms with Crippen LogP contribution >= 0.6 is 24.0 Å². The molecule has 0 nitrogen and oxygen atoms in total. The predicted octanol–water partition coefficient (Wildman–Crippen LogP) is 1.57. The molecule has 0 saturated heterocycles. The zero-order valence-corrected chi connectivity index (χ0v) is 9.30. The average Bonchev–Trinajstić information content (AvgIpc) is 1.35. The Labute approximate surface area is 84.5 Å². The minimum Gasteiger partial charge on any atom is -0.422 e. The fraction of sp³-hybridized carbons (Fsp3) is 0.667. The fourth-order valence-corrected chi connectivity index (χ4v) is 1.06. The third kappa shape index (κ3) is 11.4. The Morgan fingerprint density at radius 2 is 2.29 bits per heavy atom. The van der Waals surface area contributed by atoms with Crippen molar-refractivity contribution in [3.63, 3.8) is 0 Å². The first-order valence-electron chi connectivity index (χ1n) is 1.61. The Balaban J connectivity index is 0. The summed E-state index contributed by atoms with van der Waals surface area (Å²) in [5.41, 5.74) is 0. The van der Waals surface area contributed by atoms with E-state index in [2.05, 4.69) is 24.8 Å². The van der Waals surface area contributed by atoms with Gasteiger partial charge in [-0.1, -0.05) is 10.5 Å². The topological polar surface area (TPSA) is 0 Å². The summed E-state index contributed by atoms with van der Waals surface area (Å²) in [5, 5.41) is 0. The molecule has 36 valence electrons. The van der Waals surface area contributed by atoms with E-state index < -0.39 is 0 Å². The Kier molecular flexibility index (Phi) is 12.8. The van der Waals surface area contributed by atoms with Gasteiger partial charge in [0.1, 0.15) is 0 Å². The molecule has 4 heteroatoms. The first-order valence-corrected chi connectivity index (χ1v) is 3.41. The molecular weight excluding hydrogens is 221 g/mol. The van der Waals surface area contributed by atoms with E-state index in [1.807, 2.05) is 6.92 Å². The van der Waals surface area contributed by atoms with Gasteiger partial charge in [0, 0.05) is 0 Å². The van der Waals surface area contributed by atoms with Crippen LogP contribution in [0.15, 0.2) is 0 Å². The van der Waals surface area contributed by atoms with Gasteiger partial charge < -0.3 is 24.8 Å². The molecule has 0 rings (SSSR count). The van der Waals surface area contributed by atoms with Crippen LogP contribution in [0, 0.1) is 0 Å². The van der Waals surface area contributed by atoms with E-state index in [0.717, 1.165) is 5.75 Å². The Morgan fingerprint density at radius 3 is 2.29 bits per heavy atom. The second-order valence-electron chi connectivity index (χ2n) is 0.683. The minimum atomic E-state index is 0. The van der Waals surface area contributed by atoms with Crippen LogP contribution in [-0.4, -0.2) is 9.28 Å². The quantitative estimate of drug-likeness (QED) is 0.492. The van der Waals surface area contributed by atoms with Gasteiger partial charge in [0.15, 0.2) is 0 Å². The van der Waals surface area contributed by atoms with Crippen molar-refractivity contribution in [1.82, 2.24) is 0 Å². The van der Waals surface area contributed by atoms with Crippen molar-refractivity contribution >= 4 is 40.1 Å². The molecule has 0 aromatic heterocycles. The van der Waals surface area contributed by atoms with Gasteiger partial charge in [-0.2, -0.15) is 0 Å². The molecule has 0 bridgehead atoms. The van der Waals surface area contributed by atoms with Crippen LogP contribution in [0.4, 0.5) is 0 Å². The van der Waals surface area contributed by atoms with Crippen LogP contribution in [0.3, 0.4) is 0 Å². The van der Waals surface area contributed by atoms with E-state index in [9.17, 15) is 0 Å². The monoisotopic (exact) mass is 226 g/mol. The number of rotatable bonds is 1. The van der Waals surface area contributed by atoms with Crippen LogP contribution in [0.2, 0.25) is 0 Å². The van der Waals surface area contributed by atoms with Crippen LogP contribution in [-0.2, 0) is 45.3 Å². The van der Waals surface area contributed by atoms with Crippen LogP contribution in [0.25, 0.3) is 0 Å². The molecule has 0 fully saturated rings. The number of hydrogen-bond donors (Lipinski definition) is 0. The van der Waals surface area contributed by atoms with Crippen LogP contribution in [0.1, 0.15) is 6.92 Å². The molecule has 0 radical (unpaired) electrons. The molecule has 0 unspecified atom stereocenters. The molecule has 0 saturated carbocycles. The van der Waals surface area contributed by atoms with Crippen LogP contribution < -0.4 is 0 Å². The van der Waals surface area contributed by atoms with Crippen molar-refractivity contribution in [2.45, 2.75) is 6.92 Å². The summed E-state index contributed by atoms with van der Waals surface area (Å²) in [4.78, 5) is 0. The van der Waals surface area contributed by atoms with Crippen molar-refractivity contribution in [1.29, 1.82) is 0 Å². The zero-order valence-electron chi connectivity index (χ0n) is 4.01. The molecule has 0 amide bonds. The molecular formula is C3H5S3Y+2. The summed E-state index contributed by atoms with van der Waals surface area (Å²) in [6.45, 7) is 2.03. The third-order valence-electron chi connectivity index (χ3n) is 0.262. The molecule has 0 N–H and O–H groups in total. The average molecular weight is 226 g/mol. The van der Waals surface area contributed by atoms with E-state index >= 15 is 0 Å². The normalized spacial score (nSPS) is 7.00. The number of thioether (sulfide) groups is 1. The molecule has 0 aliphatic heterocycles. The summed E-state index contributed by atoms with van der Waals surface area (Å²) in [6.07, 6.45) is 0. The second-order valence-corrected chi connectivity index (χ2v) is 3.55. The Morgan fingerprint density at radius 1 is 1.86 bits per heavy atom. The first-order chi connectivity index (χ1) is 2.77. The third-order valence-corrected chi connectivity index (χ3v) is 1.49. The van der Waals surface area contributed by atoms with Gasteiger partial charge in [0.05, 0.1) is 0 Å². The smallest absolute Gasteiger partial charge is 0.422 e. The maximum atomic E-state index is 4.57. The summed E-state index contributed by atoms with van der Waals surface area (Å²) in [6, 6.07) is 0. The maximum absolute atomic E-state index is 4.57. The Bertz CT molecular complexity index is 54.1. The van der Waals surface area contributed by atoms with Gasteiger partial charge in [-0.15, -0.1) is 11.8 Å². The molecule has 0 heterocycles.